The minimum absolute atomic E-state index is 0.157. The Morgan fingerprint density at radius 3 is 2.69 bits per heavy atom. The molecule has 0 saturated carbocycles. The van der Waals surface area contributed by atoms with Gasteiger partial charge in [0.15, 0.2) is 5.82 Å². The molecule has 0 atom stereocenters. The van der Waals surface area contributed by atoms with Gasteiger partial charge in [0.2, 0.25) is 4.77 Å². The van der Waals surface area contributed by atoms with Crippen molar-refractivity contribution in [2.75, 3.05) is 0 Å². The number of nitrogens with one attached hydrogen (secondary N) is 1. The van der Waals surface area contributed by atoms with Crippen LogP contribution in [0.3, 0.4) is 0 Å². The fourth-order valence-corrected chi connectivity index (χ4v) is 3.39. The molecule has 0 aliphatic carbocycles. The summed E-state index contributed by atoms with van der Waals surface area (Å²) >= 11 is 8.84. The van der Waals surface area contributed by atoms with Gasteiger partial charge < -0.3 is 5.11 Å². The Kier molecular flexibility index (Phi) is 4.40. The van der Waals surface area contributed by atoms with E-state index < -0.39 is 0 Å². The number of halogens is 1. The molecule has 2 N–H and O–H groups in total. The summed E-state index contributed by atoms with van der Waals surface area (Å²) in [6, 6.07) is 19.0. The molecule has 0 spiro atoms. The molecule has 5 nitrogen and oxygen atoms in total. The molecule has 4 rings (SSSR count). The lowest BCUT2D eigenvalue weighted by molar-refractivity contribution is 0.475. The van der Waals surface area contributed by atoms with Crippen molar-refractivity contribution >= 4 is 45.1 Å². The third-order valence-corrected chi connectivity index (χ3v) is 4.97. The smallest absolute Gasteiger partial charge is 0.216 e. The molecule has 26 heavy (non-hydrogen) atoms. The first kappa shape index (κ1) is 16.7. The van der Waals surface area contributed by atoms with Gasteiger partial charge in [-0.05, 0) is 41.2 Å². The molecule has 0 radical (unpaired) electrons. The lowest BCUT2D eigenvalue weighted by atomic mass is 10.0. The fraction of sp³-hybridized carbons (Fsp3) is 0. The Morgan fingerprint density at radius 1 is 1.08 bits per heavy atom. The van der Waals surface area contributed by atoms with E-state index in [4.69, 9.17) is 12.2 Å². The zero-order valence-electron chi connectivity index (χ0n) is 13.4. The normalized spacial score (nSPS) is 11.4. The maximum atomic E-state index is 10.3. The summed E-state index contributed by atoms with van der Waals surface area (Å²) in [4.78, 5) is 0. The van der Waals surface area contributed by atoms with E-state index in [0.717, 1.165) is 20.8 Å². The van der Waals surface area contributed by atoms with Gasteiger partial charge in [-0.25, -0.2) is 5.10 Å². The molecule has 3 aromatic carbocycles. The lowest BCUT2D eigenvalue weighted by Crippen LogP contribution is -1.96. The highest BCUT2D eigenvalue weighted by Gasteiger charge is 2.11. The largest absolute Gasteiger partial charge is 0.507 e. The molecule has 0 bridgehead atoms. The summed E-state index contributed by atoms with van der Waals surface area (Å²) in [6.07, 6.45) is 1.60. The van der Waals surface area contributed by atoms with Crippen molar-refractivity contribution in [1.29, 1.82) is 0 Å². The molecule has 1 heterocycles. The number of fused-ring (bicyclic) bond motifs is 1. The van der Waals surface area contributed by atoms with Gasteiger partial charge in [-0.15, -0.1) is 0 Å². The second-order valence-corrected chi connectivity index (χ2v) is 6.85. The number of aromatic amines is 1. The number of rotatable bonds is 3. The summed E-state index contributed by atoms with van der Waals surface area (Å²) in [5.41, 5.74) is 1.49. The van der Waals surface area contributed by atoms with Crippen molar-refractivity contribution in [3.05, 3.63) is 75.5 Å². The highest BCUT2D eigenvalue weighted by Crippen LogP contribution is 2.28. The number of benzene rings is 3. The molecule has 7 heteroatoms. The molecule has 0 fully saturated rings. The molecule has 0 aliphatic heterocycles. The van der Waals surface area contributed by atoms with Gasteiger partial charge in [-0.2, -0.15) is 14.9 Å². The number of aromatic nitrogens is 3. The Bertz CT molecular complexity index is 1200. The summed E-state index contributed by atoms with van der Waals surface area (Å²) < 4.78 is 2.79. The van der Waals surface area contributed by atoms with Crippen LogP contribution in [-0.2, 0) is 0 Å². The van der Waals surface area contributed by atoms with Crippen LogP contribution in [0.25, 0.3) is 22.2 Å². The third kappa shape index (κ3) is 2.95. The van der Waals surface area contributed by atoms with E-state index in [1.807, 2.05) is 54.6 Å². The predicted molar refractivity (Wildman–Crippen MR) is 109 cm³/mol. The summed E-state index contributed by atoms with van der Waals surface area (Å²) in [6.45, 7) is 0. The second-order valence-electron chi connectivity index (χ2n) is 5.61. The molecule has 4 aromatic rings. The van der Waals surface area contributed by atoms with E-state index in [1.54, 1.807) is 12.3 Å². The monoisotopic (exact) mass is 424 g/mol. The highest BCUT2D eigenvalue weighted by molar-refractivity contribution is 9.10. The molecule has 0 unspecified atom stereocenters. The number of phenols is 1. The first-order valence-corrected chi connectivity index (χ1v) is 9.02. The van der Waals surface area contributed by atoms with Gasteiger partial charge in [0.25, 0.3) is 0 Å². The predicted octanol–water partition coefficient (Wildman–Crippen LogP) is 5.11. The number of hydrogen-bond acceptors (Lipinski definition) is 4. The van der Waals surface area contributed by atoms with Crippen LogP contribution in [0.5, 0.6) is 5.75 Å². The van der Waals surface area contributed by atoms with Crippen LogP contribution >= 0.6 is 28.1 Å². The average Bonchev–Trinajstić information content (AvgIpc) is 3.02. The topological polar surface area (TPSA) is 66.2 Å². The first-order valence-electron chi connectivity index (χ1n) is 7.82. The van der Waals surface area contributed by atoms with Gasteiger partial charge >= 0.3 is 0 Å². The van der Waals surface area contributed by atoms with E-state index in [1.165, 1.54) is 4.68 Å². The van der Waals surface area contributed by atoms with E-state index >= 15 is 0 Å². The minimum atomic E-state index is 0.157. The van der Waals surface area contributed by atoms with E-state index in [0.29, 0.717) is 16.2 Å². The van der Waals surface area contributed by atoms with Crippen LogP contribution < -0.4 is 0 Å². The molecule has 128 valence electrons. The maximum Gasteiger partial charge on any atom is 0.216 e. The van der Waals surface area contributed by atoms with E-state index in [2.05, 4.69) is 31.2 Å². The Morgan fingerprint density at radius 2 is 1.85 bits per heavy atom. The van der Waals surface area contributed by atoms with Gasteiger partial charge in [0.05, 0.1) is 6.21 Å². The van der Waals surface area contributed by atoms with Gasteiger partial charge in [0, 0.05) is 15.6 Å². The van der Waals surface area contributed by atoms with Crippen LogP contribution in [0.2, 0.25) is 0 Å². The van der Waals surface area contributed by atoms with Crippen molar-refractivity contribution in [2.24, 2.45) is 5.10 Å². The SMILES string of the molecule is Oc1ccc2ccccc2c1/C=N/n1c(-c2ccccc2Br)n[nH]c1=S. The van der Waals surface area contributed by atoms with E-state index in [9.17, 15) is 5.11 Å². The van der Waals surface area contributed by atoms with Crippen molar-refractivity contribution in [1.82, 2.24) is 14.9 Å². The van der Waals surface area contributed by atoms with Crippen LogP contribution in [0.1, 0.15) is 5.56 Å². The van der Waals surface area contributed by atoms with Crippen molar-refractivity contribution in [3.8, 4) is 17.1 Å². The Hall–Kier alpha value is -2.77. The van der Waals surface area contributed by atoms with Crippen LogP contribution in [0.15, 0.2) is 70.2 Å². The zero-order chi connectivity index (χ0) is 18.1. The number of nitrogens with zero attached hydrogens (tertiary/aromatic N) is 3. The number of hydrogen-bond donors (Lipinski definition) is 2. The number of phenolic OH excluding ortho intramolecular Hbond substituents is 1. The average molecular weight is 425 g/mol. The quantitative estimate of drug-likeness (QED) is 0.354. The van der Waals surface area contributed by atoms with Crippen molar-refractivity contribution in [3.63, 3.8) is 0 Å². The van der Waals surface area contributed by atoms with Gasteiger partial charge in [0.1, 0.15) is 5.75 Å². The molecular weight excluding hydrogens is 412 g/mol. The summed E-state index contributed by atoms with van der Waals surface area (Å²) in [7, 11) is 0. The lowest BCUT2D eigenvalue weighted by Gasteiger charge is -2.06. The first-order chi connectivity index (χ1) is 12.6. The van der Waals surface area contributed by atoms with Crippen LogP contribution in [-0.4, -0.2) is 26.2 Å². The molecular formula is C19H13BrN4OS. The standard InChI is InChI=1S/C19H13BrN4OS/c20-16-8-4-3-7-14(16)18-22-23-19(26)24(18)21-11-15-13-6-2-1-5-12(13)9-10-17(15)25/h1-11,25H,(H,23,26)/b21-11+. The third-order valence-electron chi connectivity index (χ3n) is 4.02. The molecule has 1 aromatic heterocycles. The summed E-state index contributed by atoms with van der Waals surface area (Å²) in [5, 5.41) is 23.7. The van der Waals surface area contributed by atoms with E-state index in [-0.39, 0.29) is 5.75 Å². The number of aromatic hydroxyl groups is 1. The Balaban J connectivity index is 1.85. The van der Waals surface area contributed by atoms with Gasteiger partial charge in [-0.3, -0.25) is 0 Å². The van der Waals surface area contributed by atoms with Crippen LogP contribution in [0, 0.1) is 4.77 Å². The maximum absolute atomic E-state index is 10.3. The number of H-pyrrole nitrogens is 1. The highest BCUT2D eigenvalue weighted by atomic mass is 79.9. The molecule has 0 aliphatic rings. The fourth-order valence-electron chi connectivity index (χ4n) is 2.75. The molecule has 0 amide bonds. The molecule has 0 saturated heterocycles. The zero-order valence-corrected chi connectivity index (χ0v) is 15.8. The van der Waals surface area contributed by atoms with Gasteiger partial charge in [-0.1, -0.05) is 58.4 Å². The second kappa shape index (κ2) is 6.86. The summed E-state index contributed by atoms with van der Waals surface area (Å²) in [5.74, 6) is 0.739. The minimum Gasteiger partial charge on any atom is -0.507 e. The van der Waals surface area contributed by atoms with Crippen LogP contribution in [0.4, 0.5) is 0 Å². The van der Waals surface area contributed by atoms with Crippen molar-refractivity contribution < 1.29 is 5.11 Å². The van der Waals surface area contributed by atoms with Crippen molar-refractivity contribution in [2.45, 2.75) is 0 Å². The Labute approximate surface area is 162 Å².